The van der Waals surface area contributed by atoms with Crippen LogP contribution >= 0.6 is 0 Å². The maximum Gasteiger partial charge on any atom is 0.308 e. The van der Waals surface area contributed by atoms with Gasteiger partial charge in [-0.15, -0.1) is 0 Å². The van der Waals surface area contributed by atoms with Crippen molar-refractivity contribution in [3.63, 3.8) is 0 Å². The highest BCUT2D eigenvalue weighted by atomic mass is 16.5. The number of para-hydroxylation sites is 1. The Hall–Kier alpha value is -4.21. The molecule has 0 bridgehead atoms. The van der Waals surface area contributed by atoms with Crippen LogP contribution in [0, 0.1) is 0 Å². The van der Waals surface area contributed by atoms with E-state index in [1.54, 1.807) is 47.4 Å². The zero-order valence-corrected chi connectivity index (χ0v) is 19.1. The van der Waals surface area contributed by atoms with E-state index in [4.69, 9.17) is 4.74 Å². The summed E-state index contributed by atoms with van der Waals surface area (Å²) in [5, 5.41) is 12.7. The number of H-pyrrole nitrogens is 1. The van der Waals surface area contributed by atoms with E-state index in [1.807, 2.05) is 19.9 Å². The number of rotatable bonds is 10. The van der Waals surface area contributed by atoms with Crippen LogP contribution in [-0.4, -0.2) is 65.0 Å². The van der Waals surface area contributed by atoms with Crippen LogP contribution in [0.25, 0.3) is 10.9 Å². The fraction of sp³-hybridized carbons (Fsp3) is 0.292. The molecule has 10 heteroatoms. The second kappa shape index (κ2) is 11.6. The lowest BCUT2D eigenvalue weighted by Gasteiger charge is -2.19. The van der Waals surface area contributed by atoms with E-state index in [1.165, 1.54) is 0 Å². The molecule has 0 aliphatic carbocycles. The van der Waals surface area contributed by atoms with E-state index in [9.17, 15) is 19.2 Å². The Labute approximate surface area is 196 Å². The molecule has 178 valence electrons. The number of amides is 3. The van der Waals surface area contributed by atoms with Gasteiger partial charge in [0.2, 0.25) is 0 Å². The van der Waals surface area contributed by atoms with Crippen molar-refractivity contribution in [1.82, 2.24) is 20.4 Å². The highest BCUT2D eigenvalue weighted by molar-refractivity contribution is 6.04. The Morgan fingerprint density at radius 2 is 1.79 bits per heavy atom. The summed E-state index contributed by atoms with van der Waals surface area (Å²) in [6.45, 7) is 4.51. The molecular weight excluding hydrogens is 438 g/mol. The average molecular weight is 466 g/mol. The van der Waals surface area contributed by atoms with E-state index in [0.717, 1.165) is 5.52 Å². The van der Waals surface area contributed by atoms with Crippen LogP contribution in [-0.2, 0) is 14.3 Å². The zero-order chi connectivity index (χ0) is 24.5. The first kappa shape index (κ1) is 24.4. The van der Waals surface area contributed by atoms with Gasteiger partial charge in [-0.05, 0) is 38.1 Å². The van der Waals surface area contributed by atoms with Gasteiger partial charge in [-0.2, -0.15) is 5.10 Å². The normalized spacial score (nSPS) is 10.5. The number of esters is 1. The van der Waals surface area contributed by atoms with Crippen molar-refractivity contribution in [2.45, 2.75) is 20.3 Å². The number of hydrogen-bond acceptors (Lipinski definition) is 6. The van der Waals surface area contributed by atoms with Crippen molar-refractivity contribution in [2.24, 2.45) is 0 Å². The molecule has 3 N–H and O–H groups in total. The number of nitrogens with zero attached hydrogens (tertiary/aromatic N) is 2. The third-order valence-corrected chi connectivity index (χ3v) is 5.11. The average Bonchev–Trinajstić information content (AvgIpc) is 3.28. The van der Waals surface area contributed by atoms with Gasteiger partial charge in [0.15, 0.2) is 12.3 Å². The summed E-state index contributed by atoms with van der Waals surface area (Å²) in [5.74, 6) is -1.71. The van der Waals surface area contributed by atoms with Crippen molar-refractivity contribution in [1.29, 1.82) is 0 Å². The standard InChI is InChI=1S/C24H27N5O5/c1-3-29(4-2)24(33)16-8-7-9-17(14-16)26-20(30)15-34-21(31)12-13-25-23(32)22-18-10-5-6-11-19(18)27-28-22/h5-11,14H,3-4,12-13,15H2,1-2H3,(H,25,32)(H,26,30)(H,27,28). The lowest BCUT2D eigenvalue weighted by atomic mass is 10.1. The van der Waals surface area contributed by atoms with Gasteiger partial charge in [-0.25, -0.2) is 0 Å². The second-order valence-electron chi connectivity index (χ2n) is 7.39. The molecule has 0 atom stereocenters. The second-order valence-corrected chi connectivity index (χ2v) is 7.39. The van der Waals surface area contributed by atoms with E-state index >= 15 is 0 Å². The molecule has 1 heterocycles. The molecule has 0 aliphatic heterocycles. The van der Waals surface area contributed by atoms with Crippen molar-refractivity contribution < 1.29 is 23.9 Å². The van der Waals surface area contributed by atoms with Gasteiger partial charge in [-0.1, -0.05) is 24.3 Å². The molecule has 0 spiro atoms. The number of ether oxygens (including phenoxy) is 1. The summed E-state index contributed by atoms with van der Waals surface area (Å²) in [5.41, 5.74) is 1.86. The van der Waals surface area contributed by atoms with Crippen LogP contribution in [0.5, 0.6) is 0 Å². The monoisotopic (exact) mass is 465 g/mol. The number of benzene rings is 2. The van der Waals surface area contributed by atoms with Gasteiger partial charge < -0.3 is 20.3 Å². The molecule has 2 aromatic carbocycles. The van der Waals surface area contributed by atoms with Crippen LogP contribution < -0.4 is 10.6 Å². The fourth-order valence-electron chi connectivity index (χ4n) is 3.34. The first-order valence-electron chi connectivity index (χ1n) is 11.0. The fourth-order valence-corrected chi connectivity index (χ4v) is 3.34. The summed E-state index contributed by atoms with van der Waals surface area (Å²) in [6, 6.07) is 13.8. The molecule has 0 radical (unpaired) electrons. The third kappa shape index (κ3) is 6.18. The summed E-state index contributed by atoms with van der Waals surface area (Å²) in [7, 11) is 0. The molecule has 3 rings (SSSR count). The molecule has 0 unspecified atom stereocenters. The Bertz CT molecular complexity index is 1190. The molecule has 10 nitrogen and oxygen atoms in total. The van der Waals surface area contributed by atoms with E-state index < -0.39 is 24.4 Å². The van der Waals surface area contributed by atoms with Gasteiger partial charge in [0.1, 0.15) is 0 Å². The summed E-state index contributed by atoms with van der Waals surface area (Å²) in [4.78, 5) is 50.5. The number of nitrogens with one attached hydrogen (secondary N) is 3. The minimum absolute atomic E-state index is 0.0377. The van der Waals surface area contributed by atoms with Gasteiger partial charge in [0.25, 0.3) is 17.7 Å². The number of aromatic nitrogens is 2. The van der Waals surface area contributed by atoms with Crippen LogP contribution in [0.4, 0.5) is 5.69 Å². The van der Waals surface area contributed by atoms with E-state index in [2.05, 4.69) is 20.8 Å². The maximum atomic E-state index is 12.5. The number of fused-ring (bicyclic) bond motifs is 1. The van der Waals surface area contributed by atoms with E-state index in [0.29, 0.717) is 29.7 Å². The molecule has 3 aromatic rings. The zero-order valence-electron chi connectivity index (χ0n) is 19.1. The smallest absolute Gasteiger partial charge is 0.308 e. The molecule has 0 aliphatic rings. The van der Waals surface area contributed by atoms with Crippen molar-refractivity contribution >= 4 is 40.3 Å². The first-order valence-corrected chi connectivity index (χ1v) is 11.0. The quantitative estimate of drug-likeness (QED) is 0.394. The molecule has 34 heavy (non-hydrogen) atoms. The van der Waals surface area contributed by atoms with Gasteiger partial charge in [0.05, 0.1) is 11.9 Å². The minimum atomic E-state index is -0.632. The number of anilines is 1. The highest BCUT2D eigenvalue weighted by Crippen LogP contribution is 2.15. The van der Waals surface area contributed by atoms with Crippen molar-refractivity contribution in [2.75, 3.05) is 31.6 Å². The lowest BCUT2D eigenvalue weighted by Crippen LogP contribution is -2.30. The van der Waals surface area contributed by atoms with Gasteiger partial charge in [0, 0.05) is 36.3 Å². The van der Waals surface area contributed by atoms with Crippen LogP contribution in [0.15, 0.2) is 48.5 Å². The third-order valence-electron chi connectivity index (χ3n) is 5.11. The summed E-state index contributed by atoms with van der Waals surface area (Å²) < 4.78 is 4.97. The number of hydrogen-bond donors (Lipinski definition) is 3. The minimum Gasteiger partial charge on any atom is -0.456 e. The number of aromatic amines is 1. The highest BCUT2D eigenvalue weighted by Gasteiger charge is 2.15. The Morgan fingerprint density at radius 3 is 2.56 bits per heavy atom. The van der Waals surface area contributed by atoms with Gasteiger partial charge >= 0.3 is 5.97 Å². The molecule has 0 saturated heterocycles. The molecule has 1 aromatic heterocycles. The summed E-state index contributed by atoms with van der Waals surface area (Å²) in [6.07, 6.45) is -0.102. The van der Waals surface area contributed by atoms with Crippen molar-refractivity contribution in [3.05, 3.63) is 59.8 Å². The van der Waals surface area contributed by atoms with Crippen molar-refractivity contribution in [3.8, 4) is 0 Å². The number of carbonyl (C=O) groups is 4. The maximum absolute atomic E-state index is 12.5. The lowest BCUT2D eigenvalue weighted by molar-refractivity contribution is -0.147. The molecule has 0 fully saturated rings. The largest absolute Gasteiger partial charge is 0.456 e. The molecular formula is C24H27N5O5. The van der Waals surface area contributed by atoms with Crippen LogP contribution in [0.3, 0.4) is 0 Å². The topological polar surface area (TPSA) is 133 Å². The Morgan fingerprint density at radius 1 is 1.03 bits per heavy atom. The van der Waals surface area contributed by atoms with E-state index in [-0.39, 0.29) is 24.6 Å². The van der Waals surface area contributed by atoms with Crippen LogP contribution in [0.2, 0.25) is 0 Å². The van der Waals surface area contributed by atoms with Crippen LogP contribution in [0.1, 0.15) is 41.1 Å². The first-order chi connectivity index (χ1) is 16.4. The Kier molecular flexibility index (Phi) is 8.33. The molecule has 0 saturated carbocycles. The predicted octanol–water partition coefficient (Wildman–Crippen LogP) is 2.35. The summed E-state index contributed by atoms with van der Waals surface area (Å²) >= 11 is 0. The molecule has 3 amide bonds. The SMILES string of the molecule is CCN(CC)C(=O)c1cccc(NC(=O)COC(=O)CCNC(=O)c2n[nH]c3ccccc23)c1. The number of carbonyl (C=O) groups excluding carboxylic acids is 4. The predicted molar refractivity (Wildman–Crippen MR) is 126 cm³/mol. The van der Waals surface area contributed by atoms with Gasteiger partial charge in [-0.3, -0.25) is 24.3 Å². The Balaban J connectivity index is 1.42.